The first kappa shape index (κ1) is 11.2. The molecule has 1 fully saturated rings. The zero-order valence-electron chi connectivity index (χ0n) is 9.20. The van der Waals surface area contributed by atoms with Crippen LogP contribution in [0.5, 0.6) is 0 Å². The summed E-state index contributed by atoms with van der Waals surface area (Å²) in [6.45, 7) is 5.86. The van der Waals surface area contributed by atoms with Gasteiger partial charge in [0.25, 0.3) is 0 Å². The summed E-state index contributed by atoms with van der Waals surface area (Å²) in [6, 6.07) is 10.7. The average molecular weight is 268 g/mol. The van der Waals surface area contributed by atoms with Gasteiger partial charge in [0.1, 0.15) is 0 Å². The second-order valence-corrected chi connectivity index (χ2v) is 5.68. The third kappa shape index (κ3) is 3.05. The molecule has 1 aliphatic rings. The van der Waals surface area contributed by atoms with E-state index in [1.165, 1.54) is 25.1 Å². The molecule has 0 amide bonds. The van der Waals surface area contributed by atoms with Gasteiger partial charge in [0.15, 0.2) is 0 Å². The highest BCUT2D eigenvalue weighted by Crippen LogP contribution is 2.24. The van der Waals surface area contributed by atoms with Crippen molar-refractivity contribution in [3.05, 3.63) is 35.9 Å². The molecule has 0 radical (unpaired) electrons. The zero-order valence-corrected chi connectivity index (χ0v) is 10.8. The Morgan fingerprint density at radius 2 is 2.07 bits per heavy atom. The Hall–Kier alpha value is -0.340. The predicted molar refractivity (Wildman–Crippen MR) is 68.2 cm³/mol. The van der Waals surface area contributed by atoms with Gasteiger partial charge in [-0.25, -0.2) is 0 Å². The molecule has 0 bridgehead atoms. The smallest absolute Gasteiger partial charge is 0.0233 e. The van der Waals surface area contributed by atoms with Crippen molar-refractivity contribution >= 4 is 15.9 Å². The highest BCUT2D eigenvalue weighted by Gasteiger charge is 2.23. The number of hydrogen-bond donors (Lipinski definition) is 0. The Morgan fingerprint density at radius 3 is 2.73 bits per heavy atom. The maximum absolute atomic E-state index is 3.74. The second kappa shape index (κ2) is 5.13. The van der Waals surface area contributed by atoms with Crippen LogP contribution < -0.4 is 0 Å². The highest BCUT2D eigenvalue weighted by atomic mass is 79.9. The lowest BCUT2D eigenvalue weighted by Gasteiger charge is -2.34. The van der Waals surface area contributed by atoms with Crippen LogP contribution in [-0.4, -0.2) is 22.8 Å². The molecule has 0 aromatic heterocycles. The van der Waals surface area contributed by atoms with Gasteiger partial charge in [0.2, 0.25) is 0 Å². The van der Waals surface area contributed by atoms with Crippen molar-refractivity contribution in [2.45, 2.75) is 24.7 Å². The minimum absolute atomic E-state index is 0.713. The number of nitrogens with zero attached hydrogens (tertiary/aromatic N) is 1. The Morgan fingerprint density at radius 1 is 1.33 bits per heavy atom. The Kier molecular flexibility index (Phi) is 3.81. The molecular weight excluding hydrogens is 250 g/mol. The van der Waals surface area contributed by atoms with Crippen LogP contribution in [-0.2, 0) is 6.54 Å². The molecule has 1 aliphatic heterocycles. The maximum atomic E-state index is 3.74. The molecule has 0 N–H and O–H groups in total. The van der Waals surface area contributed by atoms with E-state index in [9.17, 15) is 0 Å². The number of alkyl halides is 1. The summed E-state index contributed by atoms with van der Waals surface area (Å²) < 4.78 is 0. The van der Waals surface area contributed by atoms with Crippen LogP contribution in [0.25, 0.3) is 0 Å². The zero-order chi connectivity index (χ0) is 10.7. The largest absolute Gasteiger partial charge is 0.299 e. The van der Waals surface area contributed by atoms with Gasteiger partial charge in [-0.05, 0) is 24.4 Å². The van der Waals surface area contributed by atoms with Crippen LogP contribution >= 0.6 is 15.9 Å². The van der Waals surface area contributed by atoms with E-state index in [4.69, 9.17) is 0 Å². The second-order valence-electron chi connectivity index (χ2n) is 4.50. The maximum Gasteiger partial charge on any atom is 0.0233 e. The summed E-state index contributed by atoms with van der Waals surface area (Å²) in [5.41, 5.74) is 1.43. The molecule has 82 valence electrons. The predicted octanol–water partition coefficient (Wildman–Crippen LogP) is 3.29. The van der Waals surface area contributed by atoms with Crippen molar-refractivity contribution in [3.63, 3.8) is 0 Å². The van der Waals surface area contributed by atoms with Gasteiger partial charge in [-0.15, -0.1) is 0 Å². The van der Waals surface area contributed by atoms with Gasteiger partial charge in [-0.1, -0.05) is 53.2 Å². The van der Waals surface area contributed by atoms with E-state index in [-0.39, 0.29) is 0 Å². The lowest BCUT2D eigenvalue weighted by molar-refractivity contribution is 0.183. The molecule has 1 saturated heterocycles. The molecule has 1 aromatic carbocycles. The van der Waals surface area contributed by atoms with Crippen molar-refractivity contribution in [2.75, 3.05) is 13.1 Å². The molecule has 1 heterocycles. The van der Waals surface area contributed by atoms with Crippen LogP contribution in [0.15, 0.2) is 30.3 Å². The number of rotatable bonds is 2. The van der Waals surface area contributed by atoms with Crippen molar-refractivity contribution in [3.8, 4) is 0 Å². The number of halogens is 1. The molecule has 0 spiro atoms. The lowest BCUT2D eigenvalue weighted by atomic mass is 9.99. The number of benzene rings is 1. The third-order valence-corrected chi connectivity index (χ3v) is 4.49. The van der Waals surface area contributed by atoms with Crippen LogP contribution in [0.2, 0.25) is 0 Å². The minimum Gasteiger partial charge on any atom is -0.299 e. The van der Waals surface area contributed by atoms with Crippen LogP contribution in [0.3, 0.4) is 0 Å². The monoisotopic (exact) mass is 267 g/mol. The standard InChI is InChI=1S/C13H18BrN/c1-11-9-15(8-7-13(11)14)10-12-5-3-2-4-6-12/h2-6,11,13H,7-10H2,1H3/t11-,13-/m0/s1. The highest BCUT2D eigenvalue weighted by molar-refractivity contribution is 9.09. The first-order valence-corrected chi connectivity index (χ1v) is 6.57. The Bertz CT molecular complexity index is 299. The fourth-order valence-electron chi connectivity index (χ4n) is 2.19. The normalized spacial score (nSPS) is 27.9. The van der Waals surface area contributed by atoms with Gasteiger partial charge in [-0.2, -0.15) is 0 Å². The van der Waals surface area contributed by atoms with E-state index in [0.717, 1.165) is 12.5 Å². The topological polar surface area (TPSA) is 3.24 Å². The summed E-state index contributed by atoms with van der Waals surface area (Å²) >= 11 is 3.74. The number of hydrogen-bond acceptors (Lipinski definition) is 1. The number of piperidine rings is 1. The summed E-state index contributed by atoms with van der Waals surface area (Å²) in [5, 5.41) is 0. The van der Waals surface area contributed by atoms with Crippen molar-refractivity contribution in [2.24, 2.45) is 5.92 Å². The third-order valence-electron chi connectivity index (χ3n) is 3.13. The molecule has 15 heavy (non-hydrogen) atoms. The van der Waals surface area contributed by atoms with Gasteiger partial charge < -0.3 is 0 Å². The number of likely N-dealkylation sites (tertiary alicyclic amines) is 1. The van der Waals surface area contributed by atoms with Crippen molar-refractivity contribution in [1.29, 1.82) is 0 Å². The molecule has 2 rings (SSSR count). The minimum atomic E-state index is 0.713. The van der Waals surface area contributed by atoms with Gasteiger partial charge in [0.05, 0.1) is 0 Å². The molecule has 0 unspecified atom stereocenters. The SMILES string of the molecule is C[C@H]1CN(Cc2ccccc2)CC[C@@H]1Br. The van der Waals surface area contributed by atoms with Gasteiger partial charge >= 0.3 is 0 Å². The van der Waals surface area contributed by atoms with E-state index in [2.05, 4.69) is 58.1 Å². The molecule has 0 saturated carbocycles. The van der Waals surface area contributed by atoms with E-state index >= 15 is 0 Å². The van der Waals surface area contributed by atoms with E-state index in [1.54, 1.807) is 0 Å². The quantitative estimate of drug-likeness (QED) is 0.744. The van der Waals surface area contributed by atoms with Crippen molar-refractivity contribution < 1.29 is 0 Å². The summed E-state index contributed by atoms with van der Waals surface area (Å²) in [6.07, 6.45) is 1.27. The molecule has 0 aliphatic carbocycles. The summed E-state index contributed by atoms with van der Waals surface area (Å²) in [4.78, 5) is 3.27. The molecule has 1 nitrogen and oxygen atoms in total. The summed E-state index contributed by atoms with van der Waals surface area (Å²) in [5.74, 6) is 0.766. The van der Waals surface area contributed by atoms with Crippen molar-refractivity contribution in [1.82, 2.24) is 4.90 Å². The Labute approximate surface area is 101 Å². The van der Waals surface area contributed by atoms with Crippen LogP contribution in [0.4, 0.5) is 0 Å². The van der Waals surface area contributed by atoms with Crippen LogP contribution in [0, 0.1) is 5.92 Å². The summed E-state index contributed by atoms with van der Waals surface area (Å²) in [7, 11) is 0. The van der Waals surface area contributed by atoms with E-state index < -0.39 is 0 Å². The Balaban J connectivity index is 1.91. The van der Waals surface area contributed by atoms with Crippen LogP contribution in [0.1, 0.15) is 18.9 Å². The molecule has 2 atom stereocenters. The molecule has 1 aromatic rings. The average Bonchev–Trinajstić information content (AvgIpc) is 2.25. The fraction of sp³-hybridized carbons (Fsp3) is 0.538. The first-order chi connectivity index (χ1) is 7.25. The van der Waals surface area contributed by atoms with E-state index in [1.807, 2.05) is 0 Å². The van der Waals surface area contributed by atoms with Gasteiger partial charge in [0, 0.05) is 17.9 Å². The first-order valence-electron chi connectivity index (χ1n) is 5.66. The lowest BCUT2D eigenvalue weighted by Crippen LogP contribution is -2.39. The van der Waals surface area contributed by atoms with Gasteiger partial charge in [-0.3, -0.25) is 4.90 Å². The molecular formula is C13H18BrN. The molecule has 2 heteroatoms. The fourth-order valence-corrected chi connectivity index (χ4v) is 2.56. The van der Waals surface area contributed by atoms with E-state index in [0.29, 0.717) is 4.83 Å².